The number of aromatic nitrogens is 1. The number of amides is 1. The third-order valence-corrected chi connectivity index (χ3v) is 6.26. The van der Waals surface area contributed by atoms with Crippen molar-refractivity contribution in [3.05, 3.63) is 62.8 Å². The Morgan fingerprint density at radius 1 is 1.29 bits per heavy atom. The molecule has 1 fully saturated rings. The molecule has 1 saturated heterocycles. The Hall–Kier alpha value is -2.64. The van der Waals surface area contributed by atoms with Crippen molar-refractivity contribution in [2.75, 3.05) is 6.61 Å². The van der Waals surface area contributed by atoms with E-state index in [4.69, 9.17) is 4.74 Å². The molecular formula is C21H19N3O2S2. The average Bonchev–Trinajstić information content (AvgIpc) is 3.26. The van der Waals surface area contributed by atoms with Crippen LogP contribution in [-0.2, 0) is 11.3 Å². The van der Waals surface area contributed by atoms with E-state index in [0.29, 0.717) is 23.2 Å². The first-order valence-corrected chi connectivity index (χ1v) is 10.6. The molecule has 1 aliphatic heterocycles. The van der Waals surface area contributed by atoms with E-state index in [1.54, 1.807) is 17.5 Å². The summed E-state index contributed by atoms with van der Waals surface area (Å²) in [4.78, 5) is 23.1. The van der Waals surface area contributed by atoms with Gasteiger partial charge in [0.1, 0.15) is 5.75 Å². The van der Waals surface area contributed by atoms with Crippen LogP contribution in [0.3, 0.4) is 0 Å². The molecule has 2 aromatic heterocycles. The normalized spacial score (nSPS) is 16.9. The minimum Gasteiger partial charge on any atom is -0.493 e. The molecule has 3 aromatic rings. The van der Waals surface area contributed by atoms with Gasteiger partial charge in [-0.05, 0) is 72.5 Å². The largest absolute Gasteiger partial charge is 0.493 e. The van der Waals surface area contributed by atoms with Crippen LogP contribution in [0.2, 0.25) is 0 Å². The van der Waals surface area contributed by atoms with Gasteiger partial charge < -0.3 is 10.1 Å². The number of nitrogens with zero attached hydrogens (tertiary/aromatic N) is 2. The molecule has 3 heterocycles. The monoisotopic (exact) mass is 409 g/mol. The fourth-order valence-electron chi connectivity index (χ4n) is 2.87. The SMILES string of the molecule is CCOc1ccnc2ccc(C=C3SC(=NCc4sccc4C)NC3=O)cc12. The molecular weight excluding hydrogens is 390 g/mol. The number of benzene rings is 1. The second-order valence-corrected chi connectivity index (χ2v) is 8.26. The molecule has 28 heavy (non-hydrogen) atoms. The first-order chi connectivity index (χ1) is 13.6. The van der Waals surface area contributed by atoms with Crippen LogP contribution >= 0.6 is 23.1 Å². The predicted octanol–water partition coefficient (Wildman–Crippen LogP) is 4.76. The molecule has 1 amide bonds. The standard InChI is InChI=1S/C21H19N3O2S2/c1-3-26-17-6-8-22-16-5-4-14(10-15(16)17)11-18-20(25)24-21(28-18)23-12-19-13(2)7-9-27-19/h4-11H,3,12H2,1-2H3,(H,23,24,25). The average molecular weight is 410 g/mol. The summed E-state index contributed by atoms with van der Waals surface area (Å²) in [5.41, 5.74) is 3.02. The summed E-state index contributed by atoms with van der Waals surface area (Å²) in [7, 11) is 0. The lowest BCUT2D eigenvalue weighted by Gasteiger charge is -2.07. The summed E-state index contributed by atoms with van der Waals surface area (Å²) in [5.74, 6) is 0.674. The second-order valence-electron chi connectivity index (χ2n) is 6.23. The Kier molecular flexibility index (Phi) is 5.45. The molecule has 7 heteroatoms. The van der Waals surface area contributed by atoms with Crippen molar-refractivity contribution >= 4 is 51.2 Å². The molecule has 142 valence electrons. The third kappa shape index (κ3) is 3.95. The van der Waals surface area contributed by atoms with Gasteiger partial charge in [0, 0.05) is 16.5 Å². The summed E-state index contributed by atoms with van der Waals surface area (Å²) < 4.78 is 5.70. The van der Waals surface area contributed by atoms with Crippen LogP contribution in [-0.4, -0.2) is 22.7 Å². The number of nitrogens with one attached hydrogen (secondary N) is 1. The second kappa shape index (κ2) is 8.16. The smallest absolute Gasteiger partial charge is 0.264 e. The number of fused-ring (bicyclic) bond motifs is 1. The lowest BCUT2D eigenvalue weighted by Crippen LogP contribution is -2.19. The highest BCUT2D eigenvalue weighted by atomic mass is 32.2. The minimum absolute atomic E-state index is 0.122. The minimum atomic E-state index is -0.122. The molecule has 1 aliphatic rings. The highest BCUT2D eigenvalue weighted by Gasteiger charge is 2.23. The molecule has 1 N–H and O–H groups in total. The zero-order valence-corrected chi connectivity index (χ0v) is 17.2. The van der Waals surface area contributed by atoms with E-state index >= 15 is 0 Å². The van der Waals surface area contributed by atoms with Crippen LogP contribution in [0, 0.1) is 6.92 Å². The van der Waals surface area contributed by atoms with Crippen molar-refractivity contribution in [3.63, 3.8) is 0 Å². The van der Waals surface area contributed by atoms with Crippen molar-refractivity contribution in [3.8, 4) is 5.75 Å². The van der Waals surface area contributed by atoms with Crippen LogP contribution in [0.5, 0.6) is 5.75 Å². The number of amidine groups is 1. The number of pyridine rings is 1. The van der Waals surface area contributed by atoms with Gasteiger partial charge in [-0.1, -0.05) is 6.07 Å². The number of hydrogen-bond acceptors (Lipinski definition) is 6. The van der Waals surface area contributed by atoms with Gasteiger partial charge in [-0.15, -0.1) is 11.3 Å². The number of hydrogen-bond donors (Lipinski definition) is 1. The molecule has 5 nitrogen and oxygen atoms in total. The lowest BCUT2D eigenvalue weighted by atomic mass is 10.1. The highest BCUT2D eigenvalue weighted by molar-refractivity contribution is 8.18. The number of aliphatic imine (C=N–C) groups is 1. The van der Waals surface area contributed by atoms with E-state index in [1.165, 1.54) is 22.2 Å². The quantitative estimate of drug-likeness (QED) is 0.617. The maximum atomic E-state index is 12.3. The van der Waals surface area contributed by atoms with E-state index in [9.17, 15) is 4.79 Å². The van der Waals surface area contributed by atoms with Gasteiger partial charge in [-0.2, -0.15) is 0 Å². The molecule has 0 saturated carbocycles. The maximum Gasteiger partial charge on any atom is 0.264 e. The summed E-state index contributed by atoms with van der Waals surface area (Å²) >= 11 is 3.05. The lowest BCUT2D eigenvalue weighted by molar-refractivity contribution is -0.115. The molecule has 0 bridgehead atoms. The van der Waals surface area contributed by atoms with Crippen LogP contribution in [0.15, 0.2) is 51.8 Å². The maximum absolute atomic E-state index is 12.3. The number of rotatable bonds is 5. The van der Waals surface area contributed by atoms with Gasteiger partial charge in [0.05, 0.1) is 23.6 Å². The zero-order chi connectivity index (χ0) is 19.5. The Bertz CT molecular complexity index is 1100. The Balaban J connectivity index is 1.57. The van der Waals surface area contributed by atoms with Gasteiger partial charge in [-0.3, -0.25) is 14.8 Å². The molecule has 0 spiro atoms. The van der Waals surface area contributed by atoms with Crippen LogP contribution in [0.1, 0.15) is 22.9 Å². The summed E-state index contributed by atoms with van der Waals surface area (Å²) in [6, 6.07) is 9.83. The summed E-state index contributed by atoms with van der Waals surface area (Å²) in [6.07, 6.45) is 3.62. The van der Waals surface area contributed by atoms with Crippen molar-refractivity contribution < 1.29 is 9.53 Å². The number of carbonyl (C=O) groups excluding carboxylic acids is 1. The fourth-order valence-corrected chi connectivity index (χ4v) is 4.52. The summed E-state index contributed by atoms with van der Waals surface area (Å²) in [6.45, 7) is 5.20. The number of carbonyl (C=O) groups is 1. The molecule has 0 unspecified atom stereocenters. The highest BCUT2D eigenvalue weighted by Crippen LogP contribution is 2.30. The number of thiophene rings is 1. The number of thioether (sulfide) groups is 1. The molecule has 4 rings (SSSR count). The Morgan fingerprint density at radius 3 is 2.96 bits per heavy atom. The number of aryl methyl sites for hydroxylation is 1. The van der Waals surface area contributed by atoms with Crippen molar-refractivity contribution in [1.82, 2.24) is 10.3 Å². The van der Waals surface area contributed by atoms with Gasteiger partial charge in [0.25, 0.3) is 5.91 Å². The van der Waals surface area contributed by atoms with E-state index in [0.717, 1.165) is 22.2 Å². The van der Waals surface area contributed by atoms with E-state index < -0.39 is 0 Å². The van der Waals surface area contributed by atoms with Gasteiger partial charge >= 0.3 is 0 Å². The fraction of sp³-hybridized carbons (Fsp3) is 0.190. The third-order valence-electron chi connectivity index (χ3n) is 4.31. The van der Waals surface area contributed by atoms with Gasteiger partial charge in [-0.25, -0.2) is 0 Å². The van der Waals surface area contributed by atoms with Crippen LogP contribution in [0.4, 0.5) is 0 Å². The Morgan fingerprint density at radius 2 is 2.18 bits per heavy atom. The van der Waals surface area contributed by atoms with E-state index in [2.05, 4.69) is 33.7 Å². The van der Waals surface area contributed by atoms with Crippen molar-refractivity contribution in [2.24, 2.45) is 4.99 Å². The molecule has 1 aromatic carbocycles. The van der Waals surface area contributed by atoms with Crippen LogP contribution in [0.25, 0.3) is 17.0 Å². The first-order valence-electron chi connectivity index (χ1n) is 8.94. The van der Waals surface area contributed by atoms with Gasteiger partial charge in [0.2, 0.25) is 0 Å². The Labute approximate surface area is 171 Å². The number of ether oxygens (including phenoxy) is 1. The molecule has 0 atom stereocenters. The topological polar surface area (TPSA) is 63.6 Å². The summed E-state index contributed by atoms with van der Waals surface area (Å²) in [5, 5.41) is 6.48. The first kappa shape index (κ1) is 18.7. The van der Waals surface area contributed by atoms with Crippen LogP contribution < -0.4 is 10.1 Å². The van der Waals surface area contributed by atoms with Gasteiger partial charge in [0.15, 0.2) is 5.17 Å². The van der Waals surface area contributed by atoms with E-state index in [-0.39, 0.29) is 5.91 Å². The molecule has 0 radical (unpaired) electrons. The predicted molar refractivity (Wildman–Crippen MR) is 117 cm³/mol. The van der Waals surface area contributed by atoms with E-state index in [1.807, 2.05) is 37.3 Å². The molecule has 0 aliphatic carbocycles. The van der Waals surface area contributed by atoms with Crippen molar-refractivity contribution in [1.29, 1.82) is 0 Å². The zero-order valence-electron chi connectivity index (χ0n) is 15.6. The van der Waals surface area contributed by atoms with Crippen molar-refractivity contribution in [2.45, 2.75) is 20.4 Å².